The Morgan fingerprint density at radius 3 is 2.00 bits per heavy atom. The lowest BCUT2D eigenvalue weighted by Crippen LogP contribution is -2.03. The van der Waals surface area contributed by atoms with E-state index in [1.165, 1.54) is 0 Å². The molecule has 0 unspecified atom stereocenters. The normalized spacial score (nSPS) is 8.15. The molecule has 13 heavy (non-hydrogen) atoms. The van der Waals surface area contributed by atoms with Crippen molar-refractivity contribution in [2.24, 2.45) is 5.73 Å². The molecule has 0 saturated heterocycles. The number of hydrogen-bond acceptors (Lipinski definition) is 3. The van der Waals surface area contributed by atoms with Gasteiger partial charge in [0.1, 0.15) is 0 Å². The average molecular weight is 189 g/mol. The number of carboxylic acids is 2. The Balaban J connectivity index is 0. The Morgan fingerprint density at radius 2 is 1.77 bits per heavy atom. The molecule has 0 aliphatic rings. The first-order chi connectivity index (χ1) is 5.91. The van der Waals surface area contributed by atoms with E-state index in [1.807, 2.05) is 0 Å². The van der Waals surface area contributed by atoms with Crippen molar-refractivity contribution in [1.29, 1.82) is 0 Å². The zero-order valence-corrected chi connectivity index (χ0v) is 7.62. The number of nitrogens with two attached hydrogens (primary N) is 1. The van der Waals surface area contributed by atoms with Crippen LogP contribution in [-0.4, -0.2) is 28.7 Å². The predicted octanol–water partition coefficient (Wildman–Crippen LogP) is 0.457. The van der Waals surface area contributed by atoms with Crippen molar-refractivity contribution in [3.63, 3.8) is 0 Å². The molecule has 76 valence electrons. The van der Waals surface area contributed by atoms with Gasteiger partial charge in [-0.3, -0.25) is 4.79 Å². The van der Waals surface area contributed by atoms with Crippen LogP contribution in [0, 0.1) is 0 Å². The lowest BCUT2D eigenvalue weighted by Gasteiger charge is -1.95. The molecule has 0 aliphatic heterocycles. The van der Waals surface area contributed by atoms with Crippen molar-refractivity contribution in [3.05, 3.63) is 12.2 Å². The van der Waals surface area contributed by atoms with E-state index in [9.17, 15) is 4.79 Å². The van der Waals surface area contributed by atoms with Crippen molar-refractivity contribution in [3.8, 4) is 0 Å². The minimum Gasteiger partial charge on any atom is -0.481 e. The predicted molar refractivity (Wildman–Crippen MR) is 48.4 cm³/mol. The summed E-state index contributed by atoms with van der Waals surface area (Å²) in [5.74, 6) is -1.76. The maximum atomic E-state index is 10.1. The second-order valence-corrected chi connectivity index (χ2v) is 2.32. The average Bonchev–Trinajstić information content (AvgIpc) is 1.98. The number of rotatable bonds is 4. The van der Waals surface area contributed by atoms with Gasteiger partial charge >= 0.3 is 5.97 Å². The summed E-state index contributed by atoms with van der Waals surface area (Å²) in [5.41, 5.74) is 5.38. The SMILES string of the molecule is C=C(CCCN)C(=O)O.CC(=O)O. The third-order valence-corrected chi connectivity index (χ3v) is 0.985. The molecule has 0 aromatic heterocycles. The van der Waals surface area contributed by atoms with Crippen LogP contribution in [0.25, 0.3) is 0 Å². The summed E-state index contributed by atoms with van der Waals surface area (Å²) in [6.45, 7) is 4.94. The third-order valence-electron chi connectivity index (χ3n) is 0.985. The van der Waals surface area contributed by atoms with Crippen LogP contribution in [0.2, 0.25) is 0 Å². The van der Waals surface area contributed by atoms with Crippen LogP contribution in [0.1, 0.15) is 19.8 Å². The zero-order chi connectivity index (χ0) is 10.9. The van der Waals surface area contributed by atoms with Gasteiger partial charge in [-0.2, -0.15) is 0 Å². The molecule has 0 spiro atoms. The van der Waals surface area contributed by atoms with Gasteiger partial charge in [0.15, 0.2) is 0 Å². The Morgan fingerprint density at radius 1 is 1.38 bits per heavy atom. The number of hydrogen-bond donors (Lipinski definition) is 3. The molecule has 5 heteroatoms. The van der Waals surface area contributed by atoms with E-state index in [2.05, 4.69) is 6.58 Å². The summed E-state index contributed by atoms with van der Waals surface area (Å²) in [4.78, 5) is 19.1. The monoisotopic (exact) mass is 189 g/mol. The number of aliphatic carboxylic acids is 2. The molecule has 0 saturated carbocycles. The molecule has 0 amide bonds. The largest absolute Gasteiger partial charge is 0.481 e. The van der Waals surface area contributed by atoms with Gasteiger partial charge in [0, 0.05) is 12.5 Å². The Hall–Kier alpha value is -1.36. The van der Waals surface area contributed by atoms with Crippen molar-refractivity contribution in [2.45, 2.75) is 19.8 Å². The molecule has 0 radical (unpaired) electrons. The molecule has 0 fully saturated rings. The second kappa shape index (κ2) is 8.73. The fourth-order valence-electron chi connectivity index (χ4n) is 0.422. The van der Waals surface area contributed by atoms with Crippen LogP contribution in [0.4, 0.5) is 0 Å². The lowest BCUT2D eigenvalue weighted by molar-refractivity contribution is -0.134. The molecular weight excluding hydrogens is 174 g/mol. The Bertz CT molecular complexity index is 185. The van der Waals surface area contributed by atoms with Crippen molar-refractivity contribution in [2.75, 3.05) is 6.54 Å². The standard InChI is InChI=1S/C6H11NO2.C2H4O2/c1-5(6(8)9)3-2-4-7;1-2(3)4/h1-4,7H2,(H,8,9);1H3,(H,3,4). The minimum absolute atomic E-state index is 0.237. The van der Waals surface area contributed by atoms with E-state index in [1.54, 1.807) is 0 Å². The van der Waals surface area contributed by atoms with Crippen molar-refractivity contribution in [1.82, 2.24) is 0 Å². The number of carbonyl (C=O) groups is 2. The Labute approximate surface area is 76.9 Å². The maximum absolute atomic E-state index is 10.1. The van der Waals surface area contributed by atoms with Gasteiger partial charge in [0.05, 0.1) is 0 Å². The highest BCUT2D eigenvalue weighted by Crippen LogP contribution is 1.99. The summed E-state index contributed by atoms with van der Waals surface area (Å²) >= 11 is 0. The van der Waals surface area contributed by atoms with E-state index < -0.39 is 11.9 Å². The summed E-state index contributed by atoms with van der Waals surface area (Å²) < 4.78 is 0. The highest BCUT2D eigenvalue weighted by atomic mass is 16.4. The fraction of sp³-hybridized carbons (Fsp3) is 0.500. The molecule has 0 rings (SSSR count). The van der Waals surface area contributed by atoms with E-state index in [0.717, 1.165) is 6.92 Å². The molecule has 0 bridgehead atoms. The highest BCUT2D eigenvalue weighted by Gasteiger charge is 2.00. The van der Waals surface area contributed by atoms with Gasteiger partial charge in [-0.05, 0) is 19.4 Å². The van der Waals surface area contributed by atoms with Gasteiger partial charge in [0.2, 0.25) is 0 Å². The Kier molecular flexibility index (Phi) is 9.53. The van der Waals surface area contributed by atoms with Crippen LogP contribution >= 0.6 is 0 Å². The van der Waals surface area contributed by atoms with Crippen LogP contribution in [-0.2, 0) is 9.59 Å². The molecule has 0 atom stereocenters. The quantitative estimate of drug-likeness (QED) is 0.557. The van der Waals surface area contributed by atoms with E-state index in [-0.39, 0.29) is 5.57 Å². The summed E-state index contributed by atoms with van der Waals surface area (Å²) in [6.07, 6.45) is 1.19. The van der Waals surface area contributed by atoms with Crippen molar-refractivity contribution >= 4 is 11.9 Å². The first-order valence-corrected chi connectivity index (χ1v) is 3.72. The summed E-state index contributed by atoms with van der Waals surface area (Å²) in [7, 11) is 0. The van der Waals surface area contributed by atoms with E-state index >= 15 is 0 Å². The summed E-state index contributed by atoms with van der Waals surface area (Å²) in [6, 6.07) is 0. The summed E-state index contributed by atoms with van der Waals surface area (Å²) in [5, 5.41) is 15.7. The first-order valence-electron chi connectivity index (χ1n) is 3.72. The number of carboxylic acid groups (broad SMARTS) is 2. The van der Waals surface area contributed by atoms with Crippen molar-refractivity contribution < 1.29 is 19.8 Å². The van der Waals surface area contributed by atoms with Gasteiger partial charge in [-0.25, -0.2) is 4.79 Å². The van der Waals surface area contributed by atoms with Gasteiger partial charge in [-0.15, -0.1) is 0 Å². The maximum Gasteiger partial charge on any atom is 0.330 e. The second-order valence-electron chi connectivity index (χ2n) is 2.32. The molecule has 4 N–H and O–H groups in total. The van der Waals surface area contributed by atoms with Gasteiger partial charge in [-0.1, -0.05) is 6.58 Å². The fourth-order valence-corrected chi connectivity index (χ4v) is 0.422. The zero-order valence-electron chi connectivity index (χ0n) is 7.62. The first kappa shape index (κ1) is 14.2. The minimum atomic E-state index is -0.927. The van der Waals surface area contributed by atoms with E-state index in [4.69, 9.17) is 20.7 Å². The third kappa shape index (κ3) is 18.0. The smallest absolute Gasteiger partial charge is 0.330 e. The topological polar surface area (TPSA) is 101 Å². The lowest BCUT2D eigenvalue weighted by atomic mass is 10.2. The van der Waals surface area contributed by atoms with Crippen LogP contribution in [0.5, 0.6) is 0 Å². The van der Waals surface area contributed by atoms with E-state index in [0.29, 0.717) is 19.4 Å². The van der Waals surface area contributed by atoms with Crippen LogP contribution in [0.15, 0.2) is 12.2 Å². The molecule has 5 nitrogen and oxygen atoms in total. The van der Waals surface area contributed by atoms with Crippen LogP contribution < -0.4 is 5.73 Å². The highest BCUT2D eigenvalue weighted by molar-refractivity contribution is 5.85. The van der Waals surface area contributed by atoms with Crippen LogP contribution in [0.3, 0.4) is 0 Å². The molecule has 0 aliphatic carbocycles. The molecule has 0 aromatic carbocycles. The molecule has 0 heterocycles. The molecular formula is C8H15NO4. The van der Waals surface area contributed by atoms with Gasteiger partial charge in [0.25, 0.3) is 5.97 Å². The van der Waals surface area contributed by atoms with Gasteiger partial charge < -0.3 is 15.9 Å². The molecule has 0 aromatic rings.